The van der Waals surface area contributed by atoms with Gasteiger partial charge in [0.05, 0.1) is 0 Å². The average molecular weight is 341 g/mol. The summed E-state index contributed by atoms with van der Waals surface area (Å²) >= 11 is 0. The molecular weight excluding hydrogens is 317 g/mol. The maximum atomic E-state index is 13.0. The second-order valence-corrected chi connectivity index (χ2v) is 6.87. The molecule has 1 atom stereocenters. The number of halogens is 1. The number of benzene rings is 2. The summed E-state index contributed by atoms with van der Waals surface area (Å²) in [6.45, 7) is 3.29. The number of rotatable bonds is 4. The average Bonchev–Trinajstić information content (AvgIpc) is 2.63. The molecule has 4 heteroatoms. The quantitative estimate of drug-likeness (QED) is 0.899. The van der Waals surface area contributed by atoms with E-state index in [-0.39, 0.29) is 17.5 Å². The van der Waals surface area contributed by atoms with Gasteiger partial charge in [-0.3, -0.25) is 4.79 Å². The fraction of sp³-hybridized carbons (Fsp3) is 0.381. The Morgan fingerprint density at radius 2 is 2.00 bits per heavy atom. The van der Waals surface area contributed by atoms with Gasteiger partial charge < -0.3 is 10.0 Å². The van der Waals surface area contributed by atoms with E-state index in [1.54, 1.807) is 25.1 Å². The van der Waals surface area contributed by atoms with Crippen molar-refractivity contribution in [3.05, 3.63) is 65.0 Å². The Morgan fingerprint density at radius 3 is 2.76 bits per heavy atom. The largest absolute Gasteiger partial charge is 0.508 e. The lowest BCUT2D eigenvalue weighted by atomic mass is 9.91. The first-order valence-electron chi connectivity index (χ1n) is 8.87. The zero-order valence-electron chi connectivity index (χ0n) is 14.5. The van der Waals surface area contributed by atoms with Crippen LogP contribution in [0.2, 0.25) is 0 Å². The van der Waals surface area contributed by atoms with Gasteiger partial charge in [0, 0.05) is 24.2 Å². The predicted octanol–water partition coefficient (Wildman–Crippen LogP) is 4.32. The Kier molecular flexibility index (Phi) is 5.37. The summed E-state index contributed by atoms with van der Waals surface area (Å²) in [6, 6.07) is 11.8. The summed E-state index contributed by atoms with van der Waals surface area (Å²) in [5.41, 5.74) is 2.36. The minimum Gasteiger partial charge on any atom is -0.508 e. The first-order chi connectivity index (χ1) is 12.0. The van der Waals surface area contributed by atoms with Crippen molar-refractivity contribution in [2.24, 2.45) is 5.92 Å². The molecule has 0 bridgehead atoms. The van der Waals surface area contributed by atoms with E-state index in [0.717, 1.165) is 44.3 Å². The normalized spacial score (nSPS) is 17.5. The molecule has 1 fully saturated rings. The van der Waals surface area contributed by atoms with Crippen molar-refractivity contribution >= 4 is 5.91 Å². The van der Waals surface area contributed by atoms with Gasteiger partial charge in [-0.05, 0) is 68.4 Å². The molecule has 1 saturated heterocycles. The van der Waals surface area contributed by atoms with Crippen molar-refractivity contribution in [1.29, 1.82) is 0 Å². The van der Waals surface area contributed by atoms with Crippen LogP contribution in [0.4, 0.5) is 4.39 Å². The van der Waals surface area contributed by atoms with Gasteiger partial charge in [0.2, 0.25) is 0 Å². The molecule has 1 unspecified atom stereocenters. The molecule has 1 heterocycles. The van der Waals surface area contributed by atoms with Crippen molar-refractivity contribution < 1.29 is 14.3 Å². The van der Waals surface area contributed by atoms with Gasteiger partial charge in [0.1, 0.15) is 11.6 Å². The van der Waals surface area contributed by atoms with Gasteiger partial charge in [-0.15, -0.1) is 0 Å². The van der Waals surface area contributed by atoms with Crippen molar-refractivity contribution in [2.75, 3.05) is 13.1 Å². The van der Waals surface area contributed by atoms with Gasteiger partial charge in [0.25, 0.3) is 5.91 Å². The molecule has 0 aliphatic carbocycles. The SMILES string of the molecule is Cc1c(O)cccc1C(=O)N1CCCC(CCc2ccc(F)cc2)C1. The number of likely N-dealkylation sites (tertiary alicyclic amines) is 1. The van der Waals surface area contributed by atoms with Crippen molar-refractivity contribution in [1.82, 2.24) is 4.90 Å². The Hall–Kier alpha value is -2.36. The molecule has 2 aromatic carbocycles. The summed E-state index contributed by atoms with van der Waals surface area (Å²) in [7, 11) is 0. The highest BCUT2D eigenvalue weighted by molar-refractivity contribution is 5.96. The molecule has 3 rings (SSSR count). The molecule has 1 amide bonds. The van der Waals surface area contributed by atoms with E-state index in [0.29, 0.717) is 17.0 Å². The Labute approximate surface area is 148 Å². The number of aryl methyl sites for hydroxylation is 1. The second kappa shape index (κ2) is 7.68. The van der Waals surface area contributed by atoms with Gasteiger partial charge >= 0.3 is 0 Å². The Balaban J connectivity index is 1.61. The number of amides is 1. The van der Waals surface area contributed by atoms with Crippen LogP contribution in [0.1, 0.15) is 40.7 Å². The zero-order chi connectivity index (χ0) is 17.8. The van der Waals surface area contributed by atoms with E-state index < -0.39 is 0 Å². The molecule has 132 valence electrons. The van der Waals surface area contributed by atoms with Gasteiger partial charge in [-0.2, -0.15) is 0 Å². The number of aromatic hydroxyl groups is 1. The fourth-order valence-electron chi connectivity index (χ4n) is 3.53. The van der Waals surface area contributed by atoms with Crippen LogP contribution < -0.4 is 0 Å². The lowest BCUT2D eigenvalue weighted by molar-refractivity contribution is 0.0667. The van der Waals surface area contributed by atoms with Crippen LogP contribution in [0.5, 0.6) is 5.75 Å². The number of piperidine rings is 1. The standard InChI is InChI=1S/C21H24FNO2/c1-15-19(5-2-6-20(15)24)21(25)23-13-3-4-17(14-23)8-7-16-9-11-18(22)12-10-16/h2,5-6,9-12,17,24H,3-4,7-8,13-14H2,1H3. The predicted molar refractivity (Wildman–Crippen MR) is 96.2 cm³/mol. The number of carbonyl (C=O) groups excluding carboxylic acids is 1. The lowest BCUT2D eigenvalue weighted by Crippen LogP contribution is -2.40. The van der Waals surface area contributed by atoms with Crippen molar-refractivity contribution in [3.8, 4) is 5.75 Å². The van der Waals surface area contributed by atoms with Crippen LogP contribution in [0, 0.1) is 18.7 Å². The highest BCUT2D eigenvalue weighted by Gasteiger charge is 2.25. The Bertz CT molecular complexity index is 742. The number of hydrogen-bond donors (Lipinski definition) is 1. The molecule has 0 spiro atoms. The van der Waals surface area contributed by atoms with Gasteiger partial charge in [0.15, 0.2) is 0 Å². The molecule has 0 saturated carbocycles. The Morgan fingerprint density at radius 1 is 1.24 bits per heavy atom. The zero-order valence-corrected chi connectivity index (χ0v) is 14.5. The van der Waals surface area contributed by atoms with Crippen LogP contribution in [-0.4, -0.2) is 29.0 Å². The van der Waals surface area contributed by atoms with Crippen molar-refractivity contribution in [3.63, 3.8) is 0 Å². The monoisotopic (exact) mass is 341 g/mol. The maximum absolute atomic E-state index is 13.0. The van der Waals surface area contributed by atoms with Crippen LogP contribution in [0.3, 0.4) is 0 Å². The molecule has 3 nitrogen and oxygen atoms in total. The number of phenolic OH excluding ortho intramolecular Hbond substituents is 1. The first-order valence-corrected chi connectivity index (χ1v) is 8.87. The highest BCUT2D eigenvalue weighted by Crippen LogP contribution is 2.26. The van der Waals surface area contributed by atoms with E-state index >= 15 is 0 Å². The van der Waals surface area contributed by atoms with E-state index in [2.05, 4.69) is 0 Å². The molecule has 1 aliphatic rings. The molecule has 1 aliphatic heterocycles. The topological polar surface area (TPSA) is 40.5 Å². The molecular formula is C21H24FNO2. The summed E-state index contributed by atoms with van der Waals surface area (Å²) in [5, 5.41) is 9.83. The second-order valence-electron chi connectivity index (χ2n) is 6.87. The number of hydrogen-bond acceptors (Lipinski definition) is 2. The molecule has 0 aromatic heterocycles. The third kappa shape index (κ3) is 4.19. The minimum absolute atomic E-state index is 0.000109. The van der Waals surface area contributed by atoms with E-state index in [1.807, 2.05) is 17.0 Å². The summed E-state index contributed by atoms with van der Waals surface area (Å²) in [4.78, 5) is 14.7. The van der Waals surface area contributed by atoms with Gasteiger partial charge in [-0.25, -0.2) is 4.39 Å². The number of nitrogens with zero attached hydrogens (tertiary/aromatic N) is 1. The van der Waals surface area contributed by atoms with Gasteiger partial charge in [-0.1, -0.05) is 18.2 Å². The number of carbonyl (C=O) groups is 1. The number of phenols is 1. The highest BCUT2D eigenvalue weighted by atomic mass is 19.1. The summed E-state index contributed by atoms with van der Waals surface area (Å²) in [5.74, 6) is 0.413. The minimum atomic E-state index is -0.209. The third-order valence-electron chi connectivity index (χ3n) is 5.10. The third-order valence-corrected chi connectivity index (χ3v) is 5.10. The van der Waals surface area contributed by atoms with E-state index in [1.165, 1.54) is 12.1 Å². The smallest absolute Gasteiger partial charge is 0.254 e. The van der Waals surface area contributed by atoms with Crippen molar-refractivity contribution in [2.45, 2.75) is 32.6 Å². The van der Waals surface area contributed by atoms with Crippen LogP contribution >= 0.6 is 0 Å². The summed E-state index contributed by atoms with van der Waals surface area (Å²) in [6.07, 6.45) is 4.01. The van der Waals surface area contributed by atoms with Crippen LogP contribution in [0.15, 0.2) is 42.5 Å². The molecule has 2 aromatic rings. The van der Waals surface area contributed by atoms with Crippen LogP contribution in [0.25, 0.3) is 0 Å². The van der Waals surface area contributed by atoms with E-state index in [4.69, 9.17) is 0 Å². The molecule has 25 heavy (non-hydrogen) atoms. The van der Waals surface area contributed by atoms with E-state index in [9.17, 15) is 14.3 Å². The molecule has 0 radical (unpaired) electrons. The van der Waals surface area contributed by atoms with Crippen LogP contribution in [-0.2, 0) is 6.42 Å². The fourth-order valence-corrected chi connectivity index (χ4v) is 3.53. The first kappa shape index (κ1) is 17.5. The molecule has 1 N–H and O–H groups in total. The maximum Gasteiger partial charge on any atom is 0.254 e. The lowest BCUT2D eigenvalue weighted by Gasteiger charge is -2.33. The summed E-state index contributed by atoms with van der Waals surface area (Å²) < 4.78 is 13.0.